The molecule has 19 heavy (non-hydrogen) atoms. The molecule has 0 aliphatic rings. The minimum Gasteiger partial charge on any atom is -0.545 e. The maximum absolute atomic E-state index is 11.7. The third-order valence-electron chi connectivity index (χ3n) is 2.52. The maximum atomic E-state index is 11.7. The van der Waals surface area contributed by atoms with Crippen LogP contribution in [0.4, 0.5) is 0 Å². The molecule has 0 atom stereocenters. The van der Waals surface area contributed by atoms with Gasteiger partial charge in [0, 0.05) is 5.56 Å². The Labute approximate surface area is 110 Å². The van der Waals surface area contributed by atoms with E-state index in [1.54, 1.807) is 24.3 Å². The molecule has 0 saturated heterocycles. The number of carbonyl (C=O) groups is 2. The SMILES string of the molecule is O=C(Cc1ccccc1)Oc1ccccc1C(=O)[O-]. The zero-order chi connectivity index (χ0) is 13.7. The third kappa shape index (κ3) is 3.42. The van der Waals surface area contributed by atoms with Gasteiger partial charge in [-0.1, -0.05) is 42.5 Å². The second-order valence-electron chi connectivity index (χ2n) is 3.92. The monoisotopic (exact) mass is 255 g/mol. The number of ether oxygens (including phenoxy) is 1. The lowest BCUT2D eigenvalue weighted by atomic mass is 10.1. The fourth-order valence-electron chi connectivity index (χ4n) is 1.65. The molecule has 0 radical (unpaired) electrons. The van der Waals surface area contributed by atoms with Crippen LogP contribution in [-0.4, -0.2) is 11.9 Å². The van der Waals surface area contributed by atoms with E-state index < -0.39 is 11.9 Å². The van der Waals surface area contributed by atoms with Crippen molar-refractivity contribution in [2.75, 3.05) is 0 Å². The highest BCUT2D eigenvalue weighted by Crippen LogP contribution is 2.17. The van der Waals surface area contributed by atoms with Gasteiger partial charge in [-0.15, -0.1) is 0 Å². The highest BCUT2D eigenvalue weighted by molar-refractivity contribution is 5.90. The molecule has 0 spiro atoms. The van der Waals surface area contributed by atoms with E-state index in [9.17, 15) is 14.7 Å². The first-order valence-electron chi connectivity index (χ1n) is 5.72. The van der Waals surface area contributed by atoms with E-state index in [1.807, 2.05) is 18.2 Å². The number of rotatable bonds is 4. The van der Waals surface area contributed by atoms with Gasteiger partial charge in [0.25, 0.3) is 0 Å². The highest BCUT2D eigenvalue weighted by atomic mass is 16.5. The van der Waals surface area contributed by atoms with Crippen LogP contribution in [0.1, 0.15) is 15.9 Å². The Balaban J connectivity index is 2.09. The molecular weight excluding hydrogens is 244 g/mol. The lowest BCUT2D eigenvalue weighted by molar-refractivity contribution is -0.255. The third-order valence-corrected chi connectivity index (χ3v) is 2.52. The van der Waals surface area contributed by atoms with Crippen LogP contribution in [0.3, 0.4) is 0 Å². The van der Waals surface area contributed by atoms with Gasteiger partial charge >= 0.3 is 5.97 Å². The number of aromatic carboxylic acids is 1. The molecule has 2 rings (SSSR count). The molecule has 0 fully saturated rings. The number of hydrogen-bond acceptors (Lipinski definition) is 4. The molecule has 0 aliphatic carbocycles. The van der Waals surface area contributed by atoms with Gasteiger partial charge in [-0.2, -0.15) is 0 Å². The zero-order valence-corrected chi connectivity index (χ0v) is 10.0. The normalized spacial score (nSPS) is 9.89. The molecule has 0 saturated carbocycles. The first kappa shape index (κ1) is 12.8. The highest BCUT2D eigenvalue weighted by Gasteiger charge is 2.10. The summed E-state index contributed by atoms with van der Waals surface area (Å²) in [6.07, 6.45) is 0.0855. The Morgan fingerprint density at radius 3 is 2.26 bits per heavy atom. The van der Waals surface area contributed by atoms with E-state index >= 15 is 0 Å². The van der Waals surface area contributed by atoms with Crippen LogP contribution in [0, 0.1) is 0 Å². The molecule has 0 heterocycles. The van der Waals surface area contributed by atoms with E-state index in [2.05, 4.69) is 0 Å². The topological polar surface area (TPSA) is 66.4 Å². The molecule has 4 nitrogen and oxygen atoms in total. The zero-order valence-electron chi connectivity index (χ0n) is 10.0. The molecule has 0 amide bonds. The number of carboxylic acid groups (broad SMARTS) is 1. The van der Waals surface area contributed by atoms with Crippen molar-refractivity contribution in [3.05, 3.63) is 65.7 Å². The predicted molar refractivity (Wildman–Crippen MR) is 66.6 cm³/mol. The summed E-state index contributed by atoms with van der Waals surface area (Å²) in [4.78, 5) is 22.6. The van der Waals surface area contributed by atoms with Gasteiger partial charge in [0.2, 0.25) is 0 Å². The van der Waals surface area contributed by atoms with Crippen molar-refractivity contribution in [2.24, 2.45) is 0 Å². The number of benzene rings is 2. The Kier molecular flexibility index (Phi) is 3.93. The molecule has 0 aromatic heterocycles. The number of hydrogen-bond donors (Lipinski definition) is 0. The molecule has 0 N–H and O–H groups in total. The van der Waals surface area contributed by atoms with Gasteiger partial charge in [-0.3, -0.25) is 4.79 Å². The molecule has 96 valence electrons. The van der Waals surface area contributed by atoms with E-state index in [-0.39, 0.29) is 17.7 Å². The summed E-state index contributed by atoms with van der Waals surface area (Å²) >= 11 is 0. The average Bonchev–Trinajstić information content (AvgIpc) is 2.40. The Morgan fingerprint density at radius 2 is 1.58 bits per heavy atom. The Bertz CT molecular complexity index is 590. The Hall–Kier alpha value is -2.62. The lowest BCUT2D eigenvalue weighted by Crippen LogP contribution is -2.24. The van der Waals surface area contributed by atoms with Gasteiger partial charge < -0.3 is 14.6 Å². The van der Waals surface area contributed by atoms with Gasteiger partial charge in [-0.05, 0) is 17.7 Å². The van der Waals surface area contributed by atoms with Crippen LogP contribution in [0.5, 0.6) is 5.75 Å². The van der Waals surface area contributed by atoms with Crippen molar-refractivity contribution in [1.82, 2.24) is 0 Å². The summed E-state index contributed by atoms with van der Waals surface area (Å²) in [5, 5.41) is 10.9. The van der Waals surface area contributed by atoms with E-state index in [0.29, 0.717) is 0 Å². The fourth-order valence-corrected chi connectivity index (χ4v) is 1.65. The quantitative estimate of drug-likeness (QED) is 0.608. The van der Waals surface area contributed by atoms with Gasteiger partial charge in [0.15, 0.2) is 0 Å². The van der Waals surface area contributed by atoms with Crippen LogP contribution in [-0.2, 0) is 11.2 Å². The summed E-state index contributed by atoms with van der Waals surface area (Å²) in [7, 11) is 0. The van der Waals surface area contributed by atoms with Crippen molar-refractivity contribution < 1.29 is 19.4 Å². The maximum Gasteiger partial charge on any atom is 0.315 e. The van der Waals surface area contributed by atoms with E-state index in [4.69, 9.17) is 4.74 Å². The van der Waals surface area contributed by atoms with E-state index in [0.717, 1.165) is 5.56 Å². The van der Waals surface area contributed by atoms with Crippen molar-refractivity contribution in [2.45, 2.75) is 6.42 Å². The number of esters is 1. The minimum atomic E-state index is -1.37. The first-order chi connectivity index (χ1) is 9.16. The smallest absolute Gasteiger partial charge is 0.315 e. The molecule has 0 unspecified atom stereocenters. The van der Waals surface area contributed by atoms with E-state index in [1.165, 1.54) is 12.1 Å². The van der Waals surface area contributed by atoms with Crippen molar-refractivity contribution in [3.8, 4) is 5.75 Å². The molecule has 4 heteroatoms. The molecule has 2 aromatic rings. The van der Waals surface area contributed by atoms with Crippen LogP contribution in [0.15, 0.2) is 54.6 Å². The summed E-state index contributed by atoms with van der Waals surface area (Å²) in [5.41, 5.74) is 0.669. The minimum absolute atomic E-state index is 0.00318. The molecule has 0 aliphatic heterocycles. The van der Waals surface area contributed by atoms with Crippen LogP contribution < -0.4 is 9.84 Å². The second-order valence-corrected chi connectivity index (χ2v) is 3.92. The number of carbonyl (C=O) groups excluding carboxylic acids is 2. The van der Waals surface area contributed by atoms with Crippen LogP contribution in [0.2, 0.25) is 0 Å². The van der Waals surface area contributed by atoms with Crippen molar-refractivity contribution >= 4 is 11.9 Å². The predicted octanol–water partition coefficient (Wildman–Crippen LogP) is 1.20. The van der Waals surface area contributed by atoms with Crippen molar-refractivity contribution in [3.63, 3.8) is 0 Å². The lowest BCUT2D eigenvalue weighted by Gasteiger charge is -2.10. The fraction of sp³-hybridized carbons (Fsp3) is 0.0667. The summed E-state index contributed by atoms with van der Waals surface area (Å²) in [6.45, 7) is 0. The summed E-state index contributed by atoms with van der Waals surface area (Å²) in [5.74, 6) is -1.88. The van der Waals surface area contributed by atoms with Crippen molar-refractivity contribution in [1.29, 1.82) is 0 Å². The van der Waals surface area contributed by atoms with Gasteiger partial charge in [0.05, 0.1) is 12.4 Å². The van der Waals surface area contributed by atoms with Crippen LogP contribution >= 0.6 is 0 Å². The largest absolute Gasteiger partial charge is 0.545 e. The average molecular weight is 255 g/mol. The Morgan fingerprint density at radius 1 is 0.947 bits per heavy atom. The number of carboxylic acids is 1. The van der Waals surface area contributed by atoms with Gasteiger partial charge in [0.1, 0.15) is 5.75 Å². The molecule has 0 bridgehead atoms. The first-order valence-corrected chi connectivity index (χ1v) is 5.72. The molecule has 2 aromatic carbocycles. The summed E-state index contributed by atoms with van der Waals surface area (Å²) < 4.78 is 5.05. The second kappa shape index (κ2) is 5.82. The summed E-state index contributed by atoms with van der Waals surface area (Å²) in [6, 6.07) is 15.0. The number of para-hydroxylation sites is 1. The standard InChI is InChI=1S/C15H12O4/c16-14(10-11-6-2-1-3-7-11)19-13-9-5-4-8-12(13)15(17)18/h1-9H,10H2,(H,17,18)/p-1. The van der Waals surface area contributed by atoms with Crippen LogP contribution in [0.25, 0.3) is 0 Å². The van der Waals surface area contributed by atoms with Gasteiger partial charge in [-0.25, -0.2) is 0 Å². The molecular formula is C15H11O4-.